The third-order valence-corrected chi connectivity index (χ3v) is 3.67. The summed E-state index contributed by atoms with van der Waals surface area (Å²) >= 11 is 1.47. The van der Waals surface area contributed by atoms with Crippen LogP contribution in [-0.4, -0.2) is 41.1 Å². The maximum atomic E-state index is 11.7. The molecule has 9 nitrogen and oxygen atoms in total. The van der Waals surface area contributed by atoms with E-state index in [-0.39, 0.29) is 5.91 Å². The summed E-state index contributed by atoms with van der Waals surface area (Å²) in [5.41, 5.74) is 1.52. The topological polar surface area (TPSA) is 111 Å². The van der Waals surface area contributed by atoms with Gasteiger partial charge in [-0.05, 0) is 10.4 Å². The molecule has 0 bridgehead atoms. The van der Waals surface area contributed by atoms with Crippen molar-refractivity contribution in [1.82, 2.24) is 40.5 Å². The van der Waals surface area contributed by atoms with Crippen molar-refractivity contribution in [2.24, 2.45) is 0 Å². The largest absolute Gasteiger partial charge is 0.350 e. The Hall–Kier alpha value is -2.75. The Morgan fingerprint density at radius 2 is 2.32 bits per heavy atom. The number of amides is 1. The van der Waals surface area contributed by atoms with Gasteiger partial charge >= 0.3 is 0 Å². The molecule has 0 spiro atoms. The number of hydrogen-bond donors (Lipinski definition) is 1. The lowest BCUT2D eigenvalue weighted by Crippen LogP contribution is -2.24. The van der Waals surface area contributed by atoms with E-state index in [0.717, 1.165) is 16.4 Å². The highest BCUT2D eigenvalue weighted by Gasteiger charge is 2.08. The normalized spacial score (nSPS) is 10.5. The molecule has 3 rings (SSSR count). The van der Waals surface area contributed by atoms with Crippen molar-refractivity contribution in [3.05, 3.63) is 36.0 Å². The molecule has 0 aromatic carbocycles. The average Bonchev–Trinajstić information content (AvgIpc) is 3.23. The van der Waals surface area contributed by atoms with E-state index >= 15 is 0 Å². The van der Waals surface area contributed by atoms with Crippen LogP contribution >= 0.6 is 11.3 Å². The van der Waals surface area contributed by atoms with E-state index in [1.54, 1.807) is 18.6 Å². The molecule has 112 valence electrons. The van der Waals surface area contributed by atoms with E-state index in [1.807, 2.05) is 5.38 Å². The molecule has 3 aromatic rings. The highest BCUT2D eigenvalue weighted by atomic mass is 32.1. The second-order valence-corrected chi connectivity index (χ2v) is 5.19. The summed E-state index contributed by atoms with van der Waals surface area (Å²) in [6.45, 7) is 0.825. The summed E-state index contributed by atoms with van der Waals surface area (Å²) in [7, 11) is 0. The minimum Gasteiger partial charge on any atom is -0.350 e. The molecule has 0 atom stereocenters. The lowest BCUT2D eigenvalue weighted by atomic mass is 10.4. The second-order valence-electron chi connectivity index (χ2n) is 4.33. The Balaban J connectivity index is 1.49. The molecule has 10 heteroatoms. The Morgan fingerprint density at radius 3 is 3.09 bits per heavy atom. The van der Waals surface area contributed by atoms with Gasteiger partial charge in [0.25, 0.3) is 0 Å². The first-order valence-corrected chi connectivity index (χ1v) is 7.37. The zero-order valence-electron chi connectivity index (χ0n) is 11.5. The molecule has 0 fully saturated rings. The van der Waals surface area contributed by atoms with Gasteiger partial charge in [0.15, 0.2) is 0 Å². The van der Waals surface area contributed by atoms with Crippen LogP contribution in [0.1, 0.15) is 12.1 Å². The number of carbonyl (C=O) groups is 1. The molecule has 0 saturated carbocycles. The predicted octanol–water partition coefficient (Wildman–Crippen LogP) is 0.293. The Morgan fingerprint density at radius 1 is 1.36 bits per heavy atom. The van der Waals surface area contributed by atoms with Crippen molar-refractivity contribution in [1.29, 1.82) is 0 Å². The van der Waals surface area contributed by atoms with E-state index in [4.69, 9.17) is 0 Å². The molecule has 0 aliphatic carbocycles. The van der Waals surface area contributed by atoms with Gasteiger partial charge in [-0.1, -0.05) is 0 Å². The van der Waals surface area contributed by atoms with Crippen molar-refractivity contribution >= 4 is 17.2 Å². The minimum atomic E-state index is -0.0791. The average molecular weight is 316 g/mol. The number of tetrazole rings is 1. The van der Waals surface area contributed by atoms with Gasteiger partial charge in [0.05, 0.1) is 25.0 Å². The lowest BCUT2D eigenvalue weighted by Gasteiger charge is -2.02. The van der Waals surface area contributed by atoms with Crippen LogP contribution in [0.2, 0.25) is 0 Å². The first kappa shape index (κ1) is 14.2. The second kappa shape index (κ2) is 6.80. The zero-order valence-corrected chi connectivity index (χ0v) is 12.3. The molecular weight excluding hydrogens is 304 g/mol. The third kappa shape index (κ3) is 3.67. The highest BCUT2D eigenvalue weighted by Crippen LogP contribution is 2.20. The fraction of sp³-hybridized carbons (Fsp3) is 0.250. The van der Waals surface area contributed by atoms with E-state index in [1.165, 1.54) is 22.3 Å². The van der Waals surface area contributed by atoms with Gasteiger partial charge in [0.2, 0.25) is 5.91 Å². The molecule has 22 heavy (non-hydrogen) atoms. The number of aryl methyl sites for hydroxylation is 1. The molecule has 0 saturated heterocycles. The van der Waals surface area contributed by atoms with Crippen LogP contribution in [0.15, 0.2) is 30.3 Å². The molecule has 0 aliphatic heterocycles. The van der Waals surface area contributed by atoms with E-state index in [0.29, 0.717) is 19.5 Å². The van der Waals surface area contributed by atoms with Crippen LogP contribution in [0.25, 0.3) is 10.7 Å². The molecule has 0 aliphatic rings. The van der Waals surface area contributed by atoms with Gasteiger partial charge in [0.1, 0.15) is 17.0 Å². The first-order chi connectivity index (χ1) is 10.8. The fourth-order valence-corrected chi connectivity index (χ4v) is 2.47. The summed E-state index contributed by atoms with van der Waals surface area (Å²) < 4.78 is 1.51. The quantitative estimate of drug-likeness (QED) is 0.695. The summed E-state index contributed by atoms with van der Waals surface area (Å²) in [4.78, 5) is 24.4. The summed E-state index contributed by atoms with van der Waals surface area (Å²) in [5, 5.41) is 16.2. The smallest absolute Gasteiger partial charge is 0.222 e. The number of aromatic nitrogens is 7. The SMILES string of the molecule is O=C(CCn1cnnn1)NCc1csc(-c2cnccn2)n1. The van der Waals surface area contributed by atoms with Gasteiger partial charge in [-0.25, -0.2) is 9.67 Å². The van der Waals surface area contributed by atoms with Gasteiger partial charge in [0, 0.05) is 24.2 Å². The van der Waals surface area contributed by atoms with Gasteiger partial charge in [-0.3, -0.25) is 14.8 Å². The molecule has 3 heterocycles. The van der Waals surface area contributed by atoms with Gasteiger partial charge < -0.3 is 5.32 Å². The zero-order chi connectivity index (χ0) is 15.2. The molecule has 0 radical (unpaired) electrons. The monoisotopic (exact) mass is 316 g/mol. The number of nitrogens with one attached hydrogen (secondary N) is 1. The summed E-state index contributed by atoms with van der Waals surface area (Å²) in [6, 6.07) is 0. The van der Waals surface area contributed by atoms with Gasteiger partial charge in [-0.15, -0.1) is 16.4 Å². The molecule has 1 N–H and O–H groups in total. The van der Waals surface area contributed by atoms with Crippen LogP contribution in [0.5, 0.6) is 0 Å². The summed E-state index contributed by atoms with van der Waals surface area (Å²) in [5.74, 6) is -0.0791. The van der Waals surface area contributed by atoms with Crippen LogP contribution < -0.4 is 5.32 Å². The van der Waals surface area contributed by atoms with Crippen LogP contribution in [0.4, 0.5) is 0 Å². The van der Waals surface area contributed by atoms with Crippen molar-refractivity contribution in [3.8, 4) is 10.7 Å². The number of thiazole rings is 1. The number of hydrogen-bond acceptors (Lipinski definition) is 8. The Bertz CT molecular complexity index is 727. The minimum absolute atomic E-state index is 0.0791. The Kier molecular flexibility index (Phi) is 4.39. The van der Waals surface area contributed by atoms with Crippen LogP contribution in [-0.2, 0) is 17.9 Å². The van der Waals surface area contributed by atoms with Crippen molar-refractivity contribution in [2.75, 3.05) is 0 Å². The van der Waals surface area contributed by atoms with E-state index < -0.39 is 0 Å². The van der Waals surface area contributed by atoms with Crippen LogP contribution in [0.3, 0.4) is 0 Å². The molecule has 3 aromatic heterocycles. The summed E-state index contributed by atoms with van der Waals surface area (Å²) in [6.07, 6.45) is 6.68. The molecule has 0 unspecified atom stereocenters. The molecule has 1 amide bonds. The number of rotatable bonds is 6. The fourth-order valence-electron chi connectivity index (χ4n) is 1.69. The maximum absolute atomic E-state index is 11.7. The van der Waals surface area contributed by atoms with Crippen molar-refractivity contribution in [3.63, 3.8) is 0 Å². The van der Waals surface area contributed by atoms with Crippen molar-refractivity contribution in [2.45, 2.75) is 19.5 Å². The highest BCUT2D eigenvalue weighted by molar-refractivity contribution is 7.13. The lowest BCUT2D eigenvalue weighted by molar-refractivity contribution is -0.121. The van der Waals surface area contributed by atoms with E-state index in [9.17, 15) is 4.79 Å². The standard InChI is InChI=1S/C12H12N8OS/c21-11(1-4-20-8-16-18-19-20)15-5-9-7-22-12(17-9)10-6-13-2-3-14-10/h2-3,6-8H,1,4-5H2,(H,15,21). The number of nitrogens with zero attached hydrogens (tertiary/aromatic N) is 7. The molecular formula is C12H12N8OS. The van der Waals surface area contributed by atoms with Crippen molar-refractivity contribution < 1.29 is 4.79 Å². The van der Waals surface area contributed by atoms with Gasteiger partial charge in [-0.2, -0.15) is 0 Å². The Labute approximate surface area is 129 Å². The van der Waals surface area contributed by atoms with Crippen LogP contribution in [0, 0.1) is 0 Å². The van der Waals surface area contributed by atoms with E-state index in [2.05, 4.69) is 35.8 Å². The third-order valence-electron chi connectivity index (χ3n) is 2.76. The maximum Gasteiger partial charge on any atom is 0.222 e. The first-order valence-electron chi connectivity index (χ1n) is 6.49. The number of carbonyl (C=O) groups excluding carboxylic acids is 1. The predicted molar refractivity (Wildman–Crippen MR) is 77.4 cm³/mol.